The molecule has 9 heteroatoms. The van der Waals surface area contributed by atoms with Gasteiger partial charge in [-0.25, -0.2) is 0 Å². The number of nitrogens with zero attached hydrogens (tertiary/aromatic N) is 3. The Morgan fingerprint density at radius 3 is 2.29 bits per heavy atom. The van der Waals surface area contributed by atoms with E-state index in [9.17, 15) is 14.7 Å². The van der Waals surface area contributed by atoms with Crippen molar-refractivity contribution in [2.45, 2.75) is 114 Å². The standard InChI is InChI=1S/C33H54BrN3O4S/c1-11-15-35(16-12-2)28(39)24-25-29(40)37(23(19-38)21(5)14-4)27(33(25)18-22(34)26(24)42-33)30(41)36(17-13-3)32(9,10)20-31(6,7)8/h11,13,21-27,38H,1,3,12,14-20H2,2,4-10H3/t21-,22?,23-,24-,25-,26-,27?,33?/m0/s1. The summed E-state index contributed by atoms with van der Waals surface area (Å²) in [5.74, 6) is -1.50. The Balaban J connectivity index is 2.21. The van der Waals surface area contributed by atoms with Gasteiger partial charge in [-0.2, -0.15) is 0 Å². The van der Waals surface area contributed by atoms with Crippen LogP contribution in [0, 0.1) is 23.2 Å². The van der Waals surface area contributed by atoms with Crippen molar-refractivity contribution in [1.29, 1.82) is 0 Å². The van der Waals surface area contributed by atoms with Crippen molar-refractivity contribution < 1.29 is 19.5 Å². The average Bonchev–Trinajstić information content (AvgIpc) is 3.48. The molecule has 0 aromatic heterocycles. The summed E-state index contributed by atoms with van der Waals surface area (Å²) in [6.07, 6.45) is 6.43. The number of thioether (sulfide) groups is 1. The molecule has 0 aromatic rings. The third kappa shape index (κ3) is 6.26. The molecule has 2 bridgehead atoms. The average molecular weight is 669 g/mol. The second-order valence-corrected chi connectivity index (χ2v) is 17.1. The Hall–Kier alpha value is -1.32. The Kier molecular flexibility index (Phi) is 11.2. The lowest BCUT2D eigenvalue weighted by atomic mass is 9.70. The number of aliphatic hydroxyl groups excluding tert-OH is 1. The number of fused-ring (bicyclic) bond motifs is 1. The number of rotatable bonds is 14. The first-order chi connectivity index (χ1) is 19.6. The Labute approximate surface area is 267 Å². The third-order valence-corrected chi connectivity index (χ3v) is 12.7. The van der Waals surface area contributed by atoms with Crippen molar-refractivity contribution in [3.05, 3.63) is 25.3 Å². The molecule has 0 aromatic carbocycles. The minimum absolute atomic E-state index is 0.00503. The first-order valence-corrected chi connectivity index (χ1v) is 17.4. The topological polar surface area (TPSA) is 81.2 Å². The highest BCUT2D eigenvalue weighted by Gasteiger charge is 2.77. The van der Waals surface area contributed by atoms with Crippen LogP contribution in [0.25, 0.3) is 0 Å². The van der Waals surface area contributed by atoms with Crippen LogP contribution in [0.2, 0.25) is 0 Å². The molecule has 0 aliphatic carbocycles. The zero-order valence-electron chi connectivity index (χ0n) is 27.1. The summed E-state index contributed by atoms with van der Waals surface area (Å²) in [6.45, 7) is 25.8. The SMILES string of the molecule is C=CCN(CCC)C(=O)[C@H]1[C@H]2C(=O)N([C@@H](CO)[C@@H](C)CC)C(C(=O)N(CC=C)C(C)(C)CC(C)(C)C)C23CC(Br)[C@@H]1S3. The fourth-order valence-corrected chi connectivity index (χ4v) is 11.6. The number of hydrogen-bond acceptors (Lipinski definition) is 5. The Bertz CT molecular complexity index is 1040. The molecular formula is C33H54BrN3O4S. The minimum atomic E-state index is -0.785. The second kappa shape index (κ2) is 13.4. The first-order valence-electron chi connectivity index (χ1n) is 15.6. The van der Waals surface area contributed by atoms with E-state index in [2.05, 4.69) is 63.7 Å². The van der Waals surface area contributed by atoms with Gasteiger partial charge in [-0.3, -0.25) is 14.4 Å². The minimum Gasteiger partial charge on any atom is -0.394 e. The van der Waals surface area contributed by atoms with Crippen LogP contribution in [-0.4, -0.2) is 96.2 Å². The van der Waals surface area contributed by atoms with Gasteiger partial charge in [0.15, 0.2) is 0 Å². The van der Waals surface area contributed by atoms with E-state index in [-0.39, 0.29) is 45.7 Å². The quantitative estimate of drug-likeness (QED) is 0.195. The molecule has 3 rings (SSSR count). The van der Waals surface area contributed by atoms with Crippen LogP contribution in [0.1, 0.15) is 81.1 Å². The van der Waals surface area contributed by atoms with E-state index in [0.717, 1.165) is 19.3 Å². The summed E-state index contributed by atoms with van der Waals surface area (Å²) < 4.78 is -0.766. The maximum absolute atomic E-state index is 15.1. The molecule has 0 saturated carbocycles. The van der Waals surface area contributed by atoms with Crippen LogP contribution in [0.15, 0.2) is 25.3 Å². The predicted molar refractivity (Wildman–Crippen MR) is 177 cm³/mol. The highest BCUT2D eigenvalue weighted by molar-refractivity contribution is 9.09. The van der Waals surface area contributed by atoms with Crippen molar-refractivity contribution in [2.75, 3.05) is 26.2 Å². The summed E-state index contributed by atoms with van der Waals surface area (Å²) in [7, 11) is 0. The summed E-state index contributed by atoms with van der Waals surface area (Å²) >= 11 is 5.55. The summed E-state index contributed by atoms with van der Waals surface area (Å²) in [6, 6.07) is -1.30. The lowest BCUT2D eigenvalue weighted by Crippen LogP contribution is -2.62. The van der Waals surface area contributed by atoms with Gasteiger partial charge >= 0.3 is 0 Å². The van der Waals surface area contributed by atoms with E-state index >= 15 is 4.79 Å². The molecule has 3 amide bonds. The molecule has 7 nitrogen and oxygen atoms in total. The number of aliphatic hydroxyl groups is 1. The fourth-order valence-electron chi connectivity index (χ4n) is 8.03. The van der Waals surface area contributed by atoms with Gasteiger partial charge in [0.05, 0.1) is 29.2 Å². The Morgan fingerprint density at radius 2 is 1.79 bits per heavy atom. The van der Waals surface area contributed by atoms with Crippen molar-refractivity contribution in [1.82, 2.24) is 14.7 Å². The molecule has 3 saturated heterocycles. The van der Waals surface area contributed by atoms with Crippen molar-refractivity contribution in [2.24, 2.45) is 23.2 Å². The summed E-state index contributed by atoms with van der Waals surface area (Å²) in [4.78, 5) is 49.4. The van der Waals surface area contributed by atoms with E-state index in [4.69, 9.17) is 0 Å². The zero-order chi connectivity index (χ0) is 31.8. The van der Waals surface area contributed by atoms with Crippen LogP contribution in [-0.2, 0) is 14.4 Å². The smallest absolute Gasteiger partial charge is 0.247 e. The highest BCUT2D eigenvalue weighted by Crippen LogP contribution is 2.68. The van der Waals surface area contributed by atoms with Gasteiger partial charge in [-0.15, -0.1) is 24.9 Å². The largest absolute Gasteiger partial charge is 0.394 e. The normalized spacial score (nSPS) is 30.2. The number of halogens is 1. The third-order valence-electron chi connectivity index (χ3n) is 9.52. The molecule has 3 aliphatic heterocycles. The van der Waals surface area contributed by atoms with Crippen LogP contribution in [0.3, 0.4) is 0 Å². The number of carbonyl (C=O) groups is 3. The number of alkyl halides is 1. The molecule has 3 aliphatic rings. The Morgan fingerprint density at radius 1 is 1.17 bits per heavy atom. The van der Waals surface area contributed by atoms with Crippen molar-refractivity contribution in [3.8, 4) is 0 Å². The van der Waals surface area contributed by atoms with Gasteiger partial charge in [0.2, 0.25) is 17.7 Å². The van der Waals surface area contributed by atoms with Gasteiger partial charge in [0.1, 0.15) is 6.04 Å². The first kappa shape index (κ1) is 35.2. The van der Waals surface area contributed by atoms with Crippen molar-refractivity contribution in [3.63, 3.8) is 0 Å². The van der Waals surface area contributed by atoms with E-state index in [1.165, 1.54) is 0 Å². The van der Waals surface area contributed by atoms with E-state index in [0.29, 0.717) is 26.1 Å². The lowest BCUT2D eigenvalue weighted by Gasteiger charge is -2.47. The van der Waals surface area contributed by atoms with Crippen LogP contribution in [0.4, 0.5) is 0 Å². The molecule has 3 heterocycles. The van der Waals surface area contributed by atoms with Gasteiger partial charge in [0.25, 0.3) is 0 Å². The fraction of sp³-hybridized carbons (Fsp3) is 0.788. The molecular weight excluding hydrogens is 614 g/mol. The molecule has 3 fully saturated rings. The maximum atomic E-state index is 15.1. The lowest BCUT2D eigenvalue weighted by molar-refractivity contribution is -0.150. The van der Waals surface area contributed by atoms with E-state index in [1.54, 1.807) is 28.8 Å². The molecule has 8 atom stereocenters. The number of likely N-dealkylation sites (tertiary alicyclic amines) is 1. The molecule has 1 N–H and O–H groups in total. The second-order valence-electron chi connectivity index (χ2n) is 14.4. The predicted octanol–water partition coefficient (Wildman–Crippen LogP) is 5.51. The molecule has 0 radical (unpaired) electrons. The van der Waals surface area contributed by atoms with Crippen molar-refractivity contribution >= 4 is 45.4 Å². The zero-order valence-corrected chi connectivity index (χ0v) is 29.5. The number of amides is 3. The molecule has 1 spiro atoms. The van der Waals surface area contributed by atoms with E-state index in [1.807, 2.05) is 30.6 Å². The molecule has 42 heavy (non-hydrogen) atoms. The van der Waals surface area contributed by atoms with Gasteiger partial charge in [-0.1, -0.05) is 76.0 Å². The van der Waals surface area contributed by atoms with Gasteiger partial charge < -0.3 is 19.8 Å². The summed E-state index contributed by atoms with van der Waals surface area (Å²) in [5, 5.41) is 10.6. The van der Waals surface area contributed by atoms with E-state index < -0.39 is 34.2 Å². The molecule has 3 unspecified atom stereocenters. The van der Waals surface area contributed by atoms with Crippen LogP contribution in [0.5, 0.6) is 0 Å². The summed E-state index contributed by atoms with van der Waals surface area (Å²) in [5.41, 5.74) is -0.545. The van der Waals surface area contributed by atoms with Gasteiger partial charge in [-0.05, 0) is 44.4 Å². The number of hydrogen-bond donors (Lipinski definition) is 1. The van der Waals surface area contributed by atoms with Crippen LogP contribution >= 0.6 is 27.7 Å². The monoisotopic (exact) mass is 667 g/mol. The van der Waals surface area contributed by atoms with Gasteiger partial charge in [0, 0.05) is 35.3 Å². The molecule has 238 valence electrons. The maximum Gasteiger partial charge on any atom is 0.247 e. The highest BCUT2D eigenvalue weighted by atomic mass is 79.9. The van der Waals surface area contributed by atoms with Crippen LogP contribution < -0.4 is 0 Å². The number of carbonyl (C=O) groups excluding carboxylic acids is 3.